The number of nitrogens with zero attached hydrogens (tertiary/aromatic N) is 1. The van der Waals surface area contributed by atoms with E-state index in [1.807, 2.05) is 54.6 Å². The van der Waals surface area contributed by atoms with Crippen molar-refractivity contribution < 1.29 is 24.2 Å². The summed E-state index contributed by atoms with van der Waals surface area (Å²) < 4.78 is 5.68. The maximum absolute atomic E-state index is 12.6. The van der Waals surface area contributed by atoms with Gasteiger partial charge in [0.05, 0.1) is 17.8 Å². The number of carbonyl (C=O) groups excluding carboxylic acids is 2. The first-order chi connectivity index (χ1) is 18.0. The topological polar surface area (TPSA) is 108 Å². The van der Waals surface area contributed by atoms with Crippen molar-refractivity contribution in [2.75, 3.05) is 36.8 Å². The van der Waals surface area contributed by atoms with Crippen molar-refractivity contribution in [3.63, 3.8) is 0 Å². The molecule has 0 atom stereocenters. The molecule has 3 aromatic carbocycles. The lowest BCUT2D eigenvalue weighted by molar-refractivity contribution is -0.117. The number of aromatic carboxylic acids is 1. The van der Waals surface area contributed by atoms with Gasteiger partial charge in [0.25, 0.3) is 0 Å². The van der Waals surface area contributed by atoms with E-state index in [2.05, 4.69) is 15.5 Å². The summed E-state index contributed by atoms with van der Waals surface area (Å²) in [5, 5.41) is 15.0. The number of para-hydroxylation sites is 1. The average molecular weight is 502 g/mol. The first kappa shape index (κ1) is 25.9. The predicted octanol–water partition coefficient (Wildman–Crippen LogP) is 5.14. The van der Waals surface area contributed by atoms with Gasteiger partial charge in [-0.1, -0.05) is 54.6 Å². The number of amides is 1. The summed E-state index contributed by atoms with van der Waals surface area (Å²) in [6.07, 6.45) is 1.19. The lowest BCUT2D eigenvalue weighted by Gasteiger charge is -2.31. The van der Waals surface area contributed by atoms with Gasteiger partial charge in [-0.15, -0.1) is 0 Å². The van der Waals surface area contributed by atoms with E-state index in [0.717, 1.165) is 24.2 Å². The molecule has 4 rings (SSSR count). The molecule has 8 heteroatoms. The number of Topliss-reactive ketones (excluding diaryl/α,β-unsaturated/α-hetero) is 1. The van der Waals surface area contributed by atoms with E-state index in [-0.39, 0.29) is 24.0 Å². The number of carboxylic acids is 1. The van der Waals surface area contributed by atoms with E-state index in [0.29, 0.717) is 37.2 Å². The second-order valence-corrected chi connectivity index (χ2v) is 9.01. The van der Waals surface area contributed by atoms with E-state index in [9.17, 15) is 14.4 Å². The third-order valence-electron chi connectivity index (χ3n) is 6.36. The van der Waals surface area contributed by atoms with E-state index in [1.165, 1.54) is 12.1 Å². The Morgan fingerprint density at radius 2 is 1.65 bits per heavy atom. The molecule has 1 saturated heterocycles. The smallest absolute Gasteiger partial charge is 0.411 e. The summed E-state index contributed by atoms with van der Waals surface area (Å²) >= 11 is 0. The van der Waals surface area contributed by atoms with Gasteiger partial charge in [-0.3, -0.25) is 10.1 Å². The summed E-state index contributed by atoms with van der Waals surface area (Å²) in [6.45, 7) is 2.28. The second-order valence-electron chi connectivity index (χ2n) is 9.01. The first-order valence-electron chi connectivity index (χ1n) is 12.4. The third-order valence-corrected chi connectivity index (χ3v) is 6.36. The molecule has 3 N–H and O–H groups in total. The van der Waals surface area contributed by atoms with Crippen LogP contribution in [0.3, 0.4) is 0 Å². The molecule has 0 aliphatic carbocycles. The summed E-state index contributed by atoms with van der Waals surface area (Å²) in [7, 11) is 0. The Bertz CT molecular complexity index is 1220. The second kappa shape index (κ2) is 12.7. The Kier molecular flexibility index (Phi) is 8.89. The minimum absolute atomic E-state index is 0.0514. The van der Waals surface area contributed by atoms with Crippen molar-refractivity contribution in [2.45, 2.75) is 25.4 Å². The number of nitrogens with one attached hydrogen (secondary N) is 2. The van der Waals surface area contributed by atoms with E-state index in [4.69, 9.17) is 9.84 Å². The number of hydrogen-bond donors (Lipinski definition) is 3. The fourth-order valence-corrected chi connectivity index (χ4v) is 4.34. The number of carboxylic acid groups (broad SMARTS) is 1. The maximum atomic E-state index is 12.6. The van der Waals surface area contributed by atoms with Crippen LogP contribution in [0.5, 0.6) is 0 Å². The van der Waals surface area contributed by atoms with E-state index < -0.39 is 12.1 Å². The Morgan fingerprint density at radius 3 is 2.41 bits per heavy atom. The molecule has 1 fully saturated rings. The Balaban J connectivity index is 1.17. The van der Waals surface area contributed by atoms with Crippen molar-refractivity contribution in [2.24, 2.45) is 0 Å². The molecule has 3 aromatic rings. The molecule has 192 valence electrons. The number of rotatable bonds is 10. The van der Waals surface area contributed by atoms with E-state index in [1.54, 1.807) is 12.1 Å². The van der Waals surface area contributed by atoms with Gasteiger partial charge >= 0.3 is 12.1 Å². The molecule has 0 bridgehead atoms. The van der Waals surface area contributed by atoms with Crippen LogP contribution in [-0.4, -0.2) is 60.1 Å². The number of ketones is 1. The highest BCUT2D eigenvalue weighted by Gasteiger charge is 2.23. The molecule has 0 unspecified atom stereocenters. The van der Waals surface area contributed by atoms with Crippen LogP contribution in [0, 0.1) is 0 Å². The first-order valence-corrected chi connectivity index (χ1v) is 12.4. The highest BCUT2D eigenvalue weighted by molar-refractivity contribution is 5.91. The fraction of sp³-hybridized carbons (Fsp3) is 0.276. The van der Waals surface area contributed by atoms with Gasteiger partial charge in [0.2, 0.25) is 0 Å². The normalized spacial score (nSPS) is 14.1. The third kappa shape index (κ3) is 7.65. The zero-order valence-corrected chi connectivity index (χ0v) is 20.6. The van der Waals surface area contributed by atoms with Gasteiger partial charge in [0.15, 0.2) is 5.78 Å². The van der Waals surface area contributed by atoms with Gasteiger partial charge in [-0.2, -0.15) is 0 Å². The van der Waals surface area contributed by atoms with Crippen LogP contribution in [0.25, 0.3) is 11.1 Å². The Labute approximate surface area is 216 Å². The summed E-state index contributed by atoms with van der Waals surface area (Å²) in [5.41, 5.74) is 3.44. The molecule has 0 radical (unpaired) electrons. The number of carbonyl (C=O) groups is 3. The van der Waals surface area contributed by atoms with Crippen molar-refractivity contribution in [1.29, 1.82) is 0 Å². The van der Waals surface area contributed by atoms with E-state index >= 15 is 0 Å². The molecule has 0 saturated carbocycles. The molecular weight excluding hydrogens is 470 g/mol. The van der Waals surface area contributed by atoms with Crippen molar-refractivity contribution in [1.82, 2.24) is 4.90 Å². The highest BCUT2D eigenvalue weighted by Crippen LogP contribution is 2.28. The fourth-order valence-electron chi connectivity index (χ4n) is 4.34. The van der Waals surface area contributed by atoms with Gasteiger partial charge in [-0.25, -0.2) is 9.59 Å². The molecule has 0 spiro atoms. The number of anilines is 2. The molecule has 8 nitrogen and oxygen atoms in total. The molecule has 0 aromatic heterocycles. The quantitative estimate of drug-likeness (QED) is 0.353. The minimum atomic E-state index is -1.00. The predicted molar refractivity (Wildman–Crippen MR) is 143 cm³/mol. The Morgan fingerprint density at radius 1 is 0.919 bits per heavy atom. The lowest BCUT2D eigenvalue weighted by atomic mass is 10.0. The van der Waals surface area contributed by atoms with Crippen molar-refractivity contribution in [3.05, 3.63) is 84.4 Å². The zero-order valence-electron chi connectivity index (χ0n) is 20.6. The molecular formula is C29H31N3O5. The monoisotopic (exact) mass is 501 g/mol. The number of likely N-dealkylation sites (tertiary alicyclic amines) is 1. The highest BCUT2D eigenvalue weighted by atomic mass is 16.6. The van der Waals surface area contributed by atoms with Crippen LogP contribution in [0.2, 0.25) is 0 Å². The maximum Gasteiger partial charge on any atom is 0.411 e. The molecule has 1 amide bonds. The average Bonchev–Trinajstić information content (AvgIpc) is 2.92. The van der Waals surface area contributed by atoms with Crippen LogP contribution < -0.4 is 10.6 Å². The SMILES string of the molecule is O=C(CCN1CCC(OC(=O)Nc2ccccc2-c2ccccc2)CC1)CNc1cccc(C(=O)O)c1. The molecule has 1 aliphatic rings. The van der Waals surface area contributed by atoms with Crippen molar-refractivity contribution in [3.8, 4) is 11.1 Å². The summed E-state index contributed by atoms with van der Waals surface area (Å²) in [5.74, 6) is -0.951. The number of piperidine rings is 1. The zero-order chi connectivity index (χ0) is 26.0. The van der Waals surface area contributed by atoms with Crippen molar-refractivity contribution >= 4 is 29.2 Å². The lowest BCUT2D eigenvalue weighted by Crippen LogP contribution is -2.39. The minimum Gasteiger partial charge on any atom is -0.478 e. The van der Waals surface area contributed by atoms with Crippen LogP contribution in [0.15, 0.2) is 78.9 Å². The largest absolute Gasteiger partial charge is 0.478 e. The standard InChI is InChI=1S/C29H31N3O5/c33-24(20-30-23-10-6-9-22(19-23)28(34)35)13-16-32-17-14-25(15-18-32)37-29(36)31-27-12-5-4-11-26(27)21-7-2-1-3-8-21/h1-12,19,25,30H,13-18,20H2,(H,31,36)(H,34,35). The van der Waals surface area contributed by atoms with Gasteiger partial charge in [-0.05, 0) is 42.7 Å². The van der Waals surface area contributed by atoms with Crippen LogP contribution in [-0.2, 0) is 9.53 Å². The Hall–Kier alpha value is -4.17. The van der Waals surface area contributed by atoms with Gasteiger partial charge < -0.3 is 20.1 Å². The van der Waals surface area contributed by atoms with Crippen LogP contribution in [0.4, 0.5) is 16.2 Å². The number of ether oxygens (including phenoxy) is 1. The number of benzene rings is 3. The summed E-state index contributed by atoms with van der Waals surface area (Å²) in [6, 6.07) is 23.9. The molecule has 1 aliphatic heterocycles. The van der Waals surface area contributed by atoms with Gasteiger partial charge in [0, 0.05) is 37.3 Å². The summed E-state index contributed by atoms with van der Waals surface area (Å²) in [4.78, 5) is 38.2. The molecule has 37 heavy (non-hydrogen) atoms. The van der Waals surface area contributed by atoms with Crippen LogP contribution in [0.1, 0.15) is 29.6 Å². The number of hydrogen-bond acceptors (Lipinski definition) is 6. The molecule has 1 heterocycles. The van der Waals surface area contributed by atoms with Crippen LogP contribution >= 0.6 is 0 Å². The van der Waals surface area contributed by atoms with Gasteiger partial charge in [0.1, 0.15) is 6.10 Å².